The third-order valence-corrected chi connectivity index (χ3v) is 5.22. The molecule has 1 aromatic heterocycles. The highest BCUT2D eigenvalue weighted by Crippen LogP contribution is 2.46. The van der Waals surface area contributed by atoms with Crippen LogP contribution in [0.1, 0.15) is 51.7 Å². The highest BCUT2D eigenvalue weighted by Gasteiger charge is 2.43. The maximum absolute atomic E-state index is 5.95. The monoisotopic (exact) mass is 394 g/mol. The average Bonchev–Trinajstić information content (AvgIpc) is 3.27. The number of hydrogen-bond donors (Lipinski definition) is 0. The van der Waals surface area contributed by atoms with Gasteiger partial charge in [-0.2, -0.15) is 0 Å². The molecule has 0 amide bonds. The fourth-order valence-corrected chi connectivity index (χ4v) is 3.62. The third-order valence-electron chi connectivity index (χ3n) is 5.22. The molecule has 6 heteroatoms. The molecule has 28 heavy (non-hydrogen) atoms. The molecule has 0 aliphatic carbocycles. The molecule has 0 spiro atoms. The maximum atomic E-state index is 5.95. The third kappa shape index (κ3) is 5.17. The zero-order valence-corrected chi connectivity index (χ0v) is 17.7. The molecule has 1 fully saturated rings. The Bertz CT molecular complexity index is 647. The predicted octanol–water partition coefficient (Wildman–Crippen LogP) is 4.25. The molecule has 3 unspecified atom stereocenters. The van der Waals surface area contributed by atoms with Crippen LogP contribution in [0.2, 0.25) is 0 Å². The van der Waals surface area contributed by atoms with Gasteiger partial charge in [0.05, 0.1) is 26.4 Å². The van der Waals surface area contributed by atoms with E-state index in [0.29, 0.717) is 32.3 Å². The average molecular weight is 395 g/mol. The molecule has 0 aromatic carbocycles. The maximum Gasteiger partial charge on any atom is 0.133 e. The summed E-state index contributed by atoms with van der Waals surface area (Å²) >= 11 is 0. The molecule has 0 N–H and O–H groups in total. The van der Waals surface area contributed by atoms with E-state index >= 15 is 0 Å². The Morgan fingerprint density at radius 3 is 2.61 bits per heavy atom. The quantitative estimate of drug-likeness (QED) is 0.523. The number of methoxy groups -OCH3 is 1. The minimum absolute atomic E-state index is 0.0161. The summed E-state index contributed by atoms with van der Waals surface area (Å²) in [6.07, 6.45) is 3.09. The molecular formula is C22H34O6. The Morgan fingerprint density at radius 2 is 1.96 bits per heavy atom. The van der Waals surface area contributed by atoms with Gasteiger partial charge in [0.1, 0.15) is 42.2 Å². The van der Waals surface area contributed by atoms with Crippen LogP contribution in [0.5, 0.6) is 0 Å². The molecule has 2 aliphatic heterocycles. The van der Waals surface area contributed by atoms with Crippen LogP contribution in [-0.2, 0) is 30.3 Å². The van der Waals surface area contributed by atoms with Crippen LogP contribution in [0.25, 0.3) is 0 Å². The molecule has 1 saturated heterocycles. The fraction of sp³-hybridized carbons (Fsp3) is 0.727. The van der Waals surface area contributed by atoms with E-state index in [2.05, 4.69) is 33.8 Å². The molecule has 0 radical (unpaired) electrons. The smallest absolute Gasteiger partial charge is 0.133 e. The Labute approximate surface area is 168 Å². The van der Waals surface area contributed by atoms with Gasteiger partial charge in [-0.3, -0.25) is 0 Å². The van der Waals surface area contributed by atoms with E-state index in [0.717, 1.165) is 30.3 Å². The van der Waals surface area contributed by atoms with E-state index in [1.54, 1.807) is 7.11 Å². The van der Waals surface area contributed by atoms with Crippen molar-refractivity contribution in [1.29, 1.82) is 0 Å². The first kappa shape index (κ1) is 21.4. The summed E-state index contributed by atoms with van der Waals surface area (Å²) in [5.41, 5.74) is 0.138. The Morgan fingerprint density at radius 1 is 1.18 bits per heavy atom. The van der Waals surface area contributed by atoms with E-state index < -0.39 is 0 Å². The first-order chi connectivity index (χ1) is 13.4. The summed E-state index contributed by atoms with van der Waals surface area (Å²) in [6, 6.07) is 3.93. The molecular weight excluding hydrogens is 360 g/mol. The Balaban J connectivity index is 1.27. The second kappa shape index (κ2) is 9.44. The van der Waals surface area contributed by atoms with Crippen LogP contribution in [0.4, 0.5) is 0 Å². The molecule has 1 aromatic rings. The van der Waals surface area contributed by atoms with Crippen molar-refractivity contribution in [3.8, 4) is 0 Å². The molecule has 158 valence electrons. The molecule has 2 aliphatic rings. The Hall–Kier alpha value is -1.34. The molecule has 3 atom stereocenters. The zero-order chi connectivity index (χ0) is 20.1. The van der Waals surface area contributed by atoms with Gasteiger partial charge in [0.15, 0.2) is 0 Å². The van der Waals surface area contributed by atoms with Gasteiger partial charge in [0, 0.05) is 18.9 Å². The van der Waals surface area contributed by atoms with E-state index in [1.807, 2.05) is 12.1 Å². The van der Waals surface area contributed by atoms with Gasteiger partial charge in [-0.05, 0) is 24.1 Å². The zero-order valence-electron chi connectivity index (χ0n) is 17.7. The van der Waals surface area contributed by atoms with Crippen LogP contribution in [-0.4, -0.2) is 45.7 Å². The second-order valence-electron chi connectivity index (χ2n) is 8.59. The van der Waals surface area contributed by atoms with Crippen LogP contribution in [0.15, 0.2) is 28.4 Å². The number of ether oxygens (including phenoxy) is 5. The van der Waals surface area contributed by atoms with Gasteiger partial charge in [0.25, 0.3) is 0 Å². The van der Waals surface area contributed by atoms with Gasteiger partial charge in [-0.1, -0.05) is 27.7 Å². The first-order valence-corrected chi connectivity index (χ1v) is 10.2. The topological polar surface area (TPSA) is 59.3 Å². The van der Waals surface area contributed by atoms with Crippen LogP contribution in [0, 0.1) is 11.3 Å². The van der Waals surface area contributed by atoms with Crippen molar-refractivity contribution in [3.63, 3.8) is 0 Å². The number of furan rings is 1. The number of rotatable bonds is 11. The van der Waals surface area contributed by atoms with Crippen LogP contribution < -0.4 is 0 Å². The summed E-state index contributed by atoms with van der Waals surface area (Å²) < 4.78 is 34.3. The van der Waals surface area contributed by atoms with Gasteiger partial charge in [0.2, 0.25) is 0 Å². The Kier molecular flexibility index (Phi) is 7.20. The van der Waals surface area contributed by atoms with Crippen molar-refractivity contribution in [2.75, 3.05) is 33.5 Å². The van der Waals surface area contributed by atoms with Crippen molar-refractivity contribution in [2.45, 2.75) is 59.0 Å². The lowest BCUT2D eigenvalue weighted by atomic mass is 9.81. The highest BCUT2D eigenvalue weighted by atomic mass is 16.6. The van der Waals surface area contributed by atoms with Crippen molar-refractivity contribution >= 4 is 0 Å². The van der Waals surface area contributed by atoms with E-state index in [9.17, 15) is 0 Å². The van der Waals surface area contributed by atoms with Crippen molar-refractivity contribution in [1.82, 2.24) is 0 Å². The van der Waals surface area contributed by atoms with E-state index in [1.165, 1.54) is 0 Å². The summed E-state index contributed by atoms with van der Waals surface area (Å²) in [5.74, 6) is 3.00. The SMILES string of the molecule is COC(C1=CCC(COCCOCc2ccc(C3OCC3(C)C)o2)O1)C(C)C. The van der Waals surface area contributed by atoms with Gasteiger partial charge >= 0.3 is 0 Å². The van der Waals surface area contributed by atoms with Gasteiger partial charge in [-0.15, -0.1) is 0 Å². The van der Waals surface area contributed by atoms with E-state index in [-0.39, 0.29) is 23.7 Å². The molecule has 6 nitrogen and oxygen atoms in total. The lowest BCUT2D eigenvalue weighted by Crippen LogP contribution is -2.40. The fourth-order valence-electron chi connectivity index (χ4n) is 3.62. The molecule has 3 rings (SSSR count). The highest BCUT2D eigenvalue weighted by molar-refractivity contribution is 5.13. The van der Waals surface area contributed by atoms with Crippen molar-refractivity contribution < 1.29 is 28.1 Å². The molecule has 3 heterocycles. The summed E-state index contributed by atoms with van der Waals surface area (Å²) in [5, 5.41) is 0. The van der Waals surface area contributed by atoms with Gasteiger partial charge in [-0.25, -0.2) is 0 Å². The number of hydrogen-bond acceptors (Lipinski definition) is 6. The predicted molar refractivity (Wildman–Crippen MR) is 105 cm³/mol. The van der Waals surface area contributed by atoms with Crippen LogP contribution >= 0.6 is 0 Å². The lowest BCUT2D eigenvalue weighted by molar-refractivity contribution is -0.180. The van der Waals surface area contributed by atoms with E-state index in [4.69, 9.17) is 28.1 Å². The van der Waals surface area contributed by atoms with Gasteiger partial charge < -0.3 is 28.1 Å². The summed E-state index contributed by atoms with van der Waals surface area (Å²) in [6.45, 7) is 11.4. The van der Waals surface area contributed by atoms with Crippen molar-refractivity contribution in [3.05, 3.63) is 35.5 Å². The first-order valence-electron chi connectivity index (χ1n) is 10.2. The minimum Gasteiger partial charge on any atom is -0.490 e. The molecule has 0 saturated carbocycles. The largest absolute Gasteiger partial charge is 0.490 e. The molecule has 0 bridgehead atoms. The lowest BCUT2D eigenvalue weighted by Gasteiger charge is -2.42. The summed E-state index contributed by atoms with van der Waals surface area (Å²) in [7, 11) is 1.72. The standard InChI is InChI=1S/C22H34O6/c1-15(2)20(23-5)18-8-6-16(27-18)12-24-10-11-25-13-17-7-9-19(28-17)21-22(3,4)14-26-21/h7-9,15-16,20-21H,6,10-14H2,1-5H3. The normalized spacial score (nSPS) is 24.7. The van der Waals surface area contributed by atoms with Crippen LogP contribution in [0.3, 0.4) is 0 Å². The second-order valence-corrected chi connectivity index (χ2v) is 8.59. The summed E-state index contributed by atoms with van der Waals surface area (Å²) in [4.78, 5) is 0. The van der Waals surface area contributed by atoms with Crippen molar-refractivity contribution in [2.24, 2.45) is 11.3 Å². The minimum atomic E-state index is 0.0161.